The minimum atomic E-state index is -0.269. The van der Waals surface area contributed by atoms with E-state index in [1.54, 1.807) is 37.0 Å². The van der Waals surface area contributed by atoms with E-state index in [9.17, 15) is 9.59 Å². The van der Waals surface area contributed by atoms with Crippen LogP contribution < -0.4 is 30.0 Å². The van der Waals surface area contributed by atoms with Crippen LogP contribution in [0.4, 0.5) is 11.4 Å². The molecule has 1 amide bonds. The molecule has 1 fully saturated rings. The van der Waals surface area contributed by atoms with Gasteiger partial charge in [-0.05, 0) is 48.0 Å². The summed E-state index contributed by atoms with van der Waals surface area (Å²) >= 11 is 1.20. The van der Waals surface area contributed by atoms with Gasteiger partial charge in [0.05, 0.1) is 63.4 Å². The van der Waals surface area contributed by atoms with Gasteiger partial charge in [0, 0.05) is 24.8 Å². The van der Waals surface area contributed by atoms with Crippen molar-refractivity contribution in [2.24, 2.45) is 0 Å². The summed E-state index contributed by atoms with van der Waals surface area (Å²) in [5.41, 5.74) is 2.78. The van der Waals surface area contributed by atoms with Crippen molar-refractivity contribution in [3.8, 4) is 17.2 Å². The molecule has 0 aliphatic carbocycles. The van der Waals surface area contributed by atoms with Crippen LogP contribution in [0.15, 0.2) is 70.6 Å². The lowest BCUT2D eigenvalue weighted by molar-refractivity contribution is -0.113. The Balaban J connectivity index is 1.45. The summed E-state index contributed by atoms with van der Waals surface area (Å²) in [6.45, 7) is 3.12. The van der Waals surface area contributed by atoms with E-state index in [0.29, 0.717) is 53.0 Å². The summed E-state index contributed by atoms with van der Waals surface area (Å²) in [5.74, 6) is 1.60. The van der Waals surface area contributed by atoms with Crippen molar-refractivity contribution in [3.05, 3.63) is 76.6 Å². The molecule has 214 valence electrons. The molecule has 0 atom stereocenters. The first-order chi connectivity index (χ1) is 20.0. The average molecular weight is 577 g/mol. The Morgan fingerprint density at radius 3 is 2.39 bits per heavy atom. The zero-order valence-electron chi connectivity index (χ0n) is 23.2. The van der Waals surface area contributed by atoms with Gasteiger partial charge in [0.1, 0.15) is 17.2 Å². The molecule has 0 bridgehead atoms. The van der Waals surface area contributed by atoms with E-state index >= 15 is 0 Å². The zero-order chi connectivity index (χ0) is 28.8. The number of benzene rings is 3. The fourth-order valence-corrected chi connectivity index (χ4v) is 5.40. The first-order valence-corrected chi connectivity index (χ1v) is 14.1. The molecule has 1 saturated heterocycles. The van der Waals surface area contributed by atoms with Crippen molar-refractivity contribution in [1.82, 2.24) is 9.55 Å². The molecule has 1 aliphatic heterocycles. The number of anilines is 2. The van der Waals surface area contributed by atoms with Gasteiger partial charge in [-0.25, -0.2) is 4.98 Å². The number of morpholine rings is 1. The number of hydrogen-bond acceptors (Lipinski definition) is 9. The Morgan fingerprint density at radius 1 is 0.951 bits per heavy atom. The average Bonchev–Trinajstić information content (AvgIpc) is 3.02. The Kier molecular flexibility index (Phi) is 8.95. The third kappa shape index (κ3) is 6.58. The Morgan fingerprint density at radius 2 is 1.68 bits per heavy atom. The number of methoxy groups -OCH3 is 3. The van der Waals surface area contributed by atoms with Crippen LogP contribution in [0.25, 0.3) is 10.9 Å². The van der Waals surface area contributed by atoms with Crippen molar-refractivity contribution >= 4 is 39.9 Å². The minimum Gasteiger partial charge on any atom is -0.497 e. The highest BCUT2D eigenvalue weighted by atomic mass is 32.2. The largest absolute Gasteiger partial charge is 0.497 e. The Bertz CT molecular complexity index is 1580. The number of carbonyl (C=O) groups is 1. The number of ether oxygens (including phenoxy) is 4. The summed E-state index contributed by atoms with van der Waals surface area (Å²) in [6, 6.07) is 18.5. The molecule has 4 aromatic rings. The van der Waals surface area contributed by atoms with Gasteiger partial charge in [-0.1, -0.05) is 23.9 Å². The van der Waals surface area contributed by atoms with Crippen LogP contribution in [0.2, 0.25) is 0 Å². The molecule has 10 nitrogen and oxygen atoms in total. The van der Waals surface area contributed by atoms with Crippen molar-refractivity contribution in [2.45, 2.75) is 11.7 Å². The minimum absolute atomic E-state index is 0.0345. The monoisotopic (exact) mass is 576 g/mol. The molecular formula is C30H32N4O6S. The summed E-state index contributed by atoms with van der Waals surface area (Å²) in [4.78, 5) is 33.9. The molecule has 1 aliphatic rings. The van der Waals surface area contributed by atoms with Gasteiger partial charge in [0.2, 0.25) is 5.91 Å². The molecule has 1 aromatic heterocycles. The summed E-state index contributed by atoms with van der Waals surface area (Å²) < 4.78 is 23.0. The molecule has 41 heavy (non-hydrogen) atoms. The highest BCUT2D eigenvalue weighted by molar-refractivity contribution is 7.99. The molecule has 2 heterocycles. The second-order valence-electron chi connectivity index (χ2n) is 9.34. The van der Waals surface area contributed by atoms with Gasteiger partial charge >= 0.3 is 0 Å². The quantitative estimate of drug-likeness (QED) is 0.221. The summed E-state index contributed by atoms with van der Waals surface area (Å²) in [6.07, 6.45) is 0. The third-order valence-electron chi connectivity index (χ3n) is 6.79. The molecule has 0 spiro atoms. The fraction of sp³-hybridized carbons (Fsp3) is 0.300. The summed E-state index contributed by atoms with van der Waals surface area (Å²) in [7, 11) is 4.70. The predicted octanol–water partition coefficient (Wildman–Crippen LogP) is 4.04. The molecule has 0 saturated carbocycles. The fourth-order valence-electron chi connectivity index (χ4n) is 4.60. The van der Waals surface area contributed by atoms with Gasteiger partial charge in [-0.15, -0.1) is 0 Å². The van der Waals surface area contributed by atoms with E-state index in [4.69, 9.17) is 23.9 Å². The molecule has 11 heteroatoms. The zero-order valence-corrected chi connectivity index (χ0v) is 24.0. The van der Waals surface area contributed by atoms with E-state index in [-0.39, 0.29) is 17.2 Å². The SMILES string of the molecule is COc1ccc(Cn2c(SCC(=O)Nc3cc(OC)ccc3OC)nc3ccc(N4CCOCC4)cc3c2=O)cc1. The number of thioether (sulfide) groups is 1. The number of aromatic nitrogens is 2. The van der Waals surface area contributed by atoms with Gasteiger partial charge < -0.3 is 29.2 Å². The standard InChI is InChI=1S/C30H32N4O6S/c1-37-22-7-4-20(5-8-22)18-34-29(36)24-16-21(33-12-14-40-15-13-33)6-10-25(24)32-30(34)41-19-28(35)31-26-17-23(38-2)9-11-27(26)39-3/h4-11,16-17H,12-15,18-19H2,1-3H3,(H,31,35). The van der Waals surface area contributed by atoms with Crippen molar-refractivity contribution < 1.29 is 23.7 Å². The molecular weight excluding hydrogens is 544 g/mol. The first kappa shape index (κ1) is 28.3. The van der Waals surface area contributed by atoms with Crippen molar-refractivity contribution in [3.63, 3.8) is 0 Å². The van der Waals surface area contributed by atoms with Crippen LogP contribution in [-0.2, 0) is 16.1 Å². The van der Waals surface area contributed by atoms with Crippen LogP contribution in [0, 0.1) is 0 Å². The maximum Gasteiger partial charge on any atom is 0.262 e. The third-order valence-corrected chi connectivity index (χ3v) is 7.77. The second-order valence-corrected chi connectivity index (χ2v) is 10.3. The molecule has 0 radical (unpaired) electrons. The van der Waals surface area contributed by atoms with E-state index < -0.39 is 0 Å². The predicted molar refractivity (Wildman–Crippen MR) is 160 cm³/mol. The Hall–Kier alpha value is -4.22. The van der Waals surface area contributed by atoms with Gasteiger partial charge in [-0.2, -0.15) is 0 Å². The Labute approximate surface area is 242 Å². The summed E-state index contributed by atoms with van der Waals surface area (Å²) in [5, 5.41) is 3.85. The lowest BCUT2D eigenvalue weighted by atomic mass is 10.2. The maximum absolute atomic E-state index is 13.9. The van der Waals surface area contributed by atoms with Crippen LogP contribution >= 0.6 is 11.8 Å². The number of carbonyl (C=O) groups excluding carboxylic acids is 1. The van der Waals surface area contributed by atoms with Gasteiger partial charge in [-0.3, -0.25) is 14.2 Å². The number of nitrogens with one attached hydrogen (secondary N) is 1. The number of nitrogens with zero attached hydrogens (tertiary/aromatic N) is 3. The van der Waals surface area contributed by atoms with Crippen LogP contribution in [0.5, 0.6) is 17.2 Å². The normalized spacial score (nSPS) is 13.2. The van der Waals surface area contributed by atoms with Crippen molar-refractivity contribution in [2.75, 3.05) is 63.6 Å². The highest BCUT2D eigenvalue weighted by Crippen LogP contribution is 2.30. The number of rotatable bonds is 10. The highest BCUT2D eigenvalue weighted by Gasteiger charge is 2.18. The molecule has 0 unspecified atom stereocenters. The van der Waals surface area contributed by atoms with E-state index in [0.717, 1.165) is 30.1 Å². The van der Waals surface area contributed by atoms with Gasteiger partial charge in [0.25, 0.3) is 5.56 Å². The molecule has 5 rings (SSSR count). The van der Waals surface area contributed by atoms with Crippen LogP contribution in [-0.4, -0.2) is 68.8 Å². The maximum atomic E-state index is 13.9. The lowest BCUT2D eigenvalue weighted by Gasteiger charge is -2.29. The van der Waals surface area contributed by atoms with E-state index in [2.05, 4.69) is 10.2 Å². The lowest BCUT2D eigenvalue weighted by Crippen LogP contribution is -2.36. The molecule has 3 aromatic carbocycles. The van der Waals surface area contributed by atoms with E-state index in [1.807, 2.05) is 42.5 Å². The van der Waals surface area contributed by atoms with E-state index in [1.165, 1.54) is 18.9 Å². The van der Waals surface area contributed by atoms with Gasteiger partial charge in [0.15, 0.2) is 5.16 Å². The second kappa shape index (κ2) is 13.0. The number of amides is 1. The molecule has 1 N–H and O–H groups in total. The van der Waals surface area contributed by atoms with Crippen molar-refractivity contribution in [1.29, 1.82) is 0 Å². The number of hydrogen-bond donors (Lipinski definition) is 1. The first-order valence-electron chi connectivity index (χ1n) is 13.1. The topological polar surface area (TPSA) is 104 Å². The van der Waals surface area contributed by atoms with Crippen LogP contribution in [0.3, 0.4) is 0 Å². The number of fused-ring (bicyclic) bond motifs is 1. The van der Waals surface area contributed by atoms with Crippen LogP contribution in [0.1, 0.15) is 5.56 Å². The smallest absolute Gasteiger partial charge is 0.262 e.